The Morgan fingerprint density at radius 2 is 1.71 bits per heavy atom. The highest BCUT2D eigenvalue weighted by Gasteiger charge is 2.09. The molecule has 0 radical (unpaired) electrons. The lowest BCUT2D eigenvalue weighted by molar-refractivity contribution is 1.30. The first kappa shape index (κ1) is 12.2. The molecule has 0 saturated heterocycles. The number of nitrogens with zero attached hydrogens (tertiary/aromatic N) is 1. The first-order valence-electron chi connectivity index (χ1n) is 5.18. The van der Waals surface area contributed by atoms with Gasteiger partial charge < -0.3 is 5.73 Å². The van der Waals surface area contributed by atoms with Crippen LogP contribution in [0.2, 0.25) is 10.0 Å². The maximum absolute atomic E-state index is 6.13. The second-order valence-electron chi connectivity index (χ2n) is 3.98. The van der Waals surface area contributed by atoms with Gasteiger partial charge in [-0.15, -0.1) is 0 Å². The number of pyridine rings is 1. The van der Waals surface area contributed by atoms with Gasteiger partial charge in [-0.05, 0) is 37.1 Å². The molecule has 1 aromatic carbocycles. The van der Waals surface area contributed by atoms with Gasteiger partial charge in [-0.3, -0.25) is 0 Å². The number of nitrogen functional groups attached to an aromatic ring is 1. The van der Waals surface area contributed by atoms with Crippen LogP contribution >= 0.6 is 23.2 Å². The van der Waals surface area contributed by atoms with Crippen LogP contribution in [0.25, 0.3) is 11.3 Å². The number of hydrogen-bond donors (Lipinski definition) is 1. The summed E-state index contributed by atoms with van der Waals surface area (Å²) in [5, 5.41) is 0.884. The molecule has 0 bridgehead atoms. The van der Waals surface area contributed by atoms with Crippen molar-refractivity contribution in [2.24, 2.45) is 0 Å². The monoisotopic (exact) mass is 266 g/mol. The van der Waals surface area contributed by atoms with Crippen LogP contribution in [-0.4, -0.2) is 4.98 Å². The van der Waals surface area contributed by atoms with E-state index in [4.69, 9.17) is 28.9 Å². The minimum absolute atomic E-state index is 0.296. The molecule has 1 heterocycles. The van der Waals surface area contributed by atoms with Gasteiger partial charge in [0.15, 0.2) is 0 Å². The number of hydrogen-bond acceptors (Lipinski definition) is 2. The fraction of sp³-hybridized carbons (Fsp3) is 0.154. The maximum atomic E-state index is 6.13. The van der Waals surface area contributed by atoms with Crippen LogP contribution in [-0.2, 0) is 0 Å². The highest BCUT2D eigenvalue weighted by atomic mass is 35.5. The van der Waals surface area contributed by atoms with Gasteiger partial charge in [-0.2, -0.15) is 0 Å². The van der Waals surface area contributed by atoms with Crippen molar-refractivity contribution in [3.05, 3.63) is 45.4 Å². The van der Waals surface area contributed by atoms with Crippen LogP contribution in [0.4, 0.5) is 5.82 Å². The van der Waals surface area contributed by atoms with Gasteiger partial charge >= 0.3 is 0 Å². The van der Waals surface area contributed by atoms with Crippen molar-refractivity contribution in [3.8, 4) is 11.3 Å². The molecule has 88 valence electrons. The van der Waals surface area contributed by atoms with Gasteiger partial charge in [0.05, 0.1) is 15.7 Å². The number of benzene rings is 1. The van der Waals surface area contributed by atoms with Crippen molar-refractivity contribution in [2.75, 3.05) is 5.73 Å². The Labute approximate surface area is 110 Å². The van der Waals surface area contributed by atoms with E-state index in [1.165, 1.54) is 11.1 Å². The number of aryl methyl sites for hydroxylation is 2. The molecule has 0 atom stereocenters. The van der Waals surface area contributed by atoms with E-state index in [0.717, 1.165) is 5.56 Å². The third kappa shape index (κ3) is 2.38. The van der Waals surface area contributed by atoms with Crippen LogP contribution in [0.5, 0.6) is 0 Å². The lowest BCUT2D eigenvalue weighted by Gasteiger charge is -2.08. The van der Waals surface area contributed by atoms with E-state index in [-0.39, 0.29) is 0 Å². The predicted molar refractivity (Wildman–Crippen MR) is 73.6 cm³/mol. The van der Waals surface area contributed by atoms with Crippen LogP contribution < -0.4 is 5.73 Å². The largest absolute Gasteiger partial charge is 0.382 e. The summed E-state index contributed by atoms with van der Waals surface area (Å²) in [6.45, 7) is 4.11. The van der Waals surface area contributed by atoms with Gasteiger partial charge in [0.25, 0.3) is 0 Å². The fourth-order valence-electron chi connectivity index (χ4n) is 1.57. The van der Waals surface area contributed by atoms with Gasteiger partial charge in [0, 0.05) is 5.56 Å². The van der Waals surface area contributed by atoms with Crippen molar-refractivity contribution in [3.63, 3.8) is 0 Å². The molecule has 4 heteroatoms. The van der Waals surface area contributed by atoms with Crippen molar-refractivity contribution in [1.82, 2.24) is 4.98 Å². The molecule has 0 aliphatic heterocycles. The van der Waals surface area contributed by atoms with E-state index >= 15 is 0 Å². The molecule has 0 unspecified atom stereocenters. The normalized spacial score (nSPS) is 10.6. The Hall–Kier alpha value is -1.25. The zero-order valence-electron chi connectivity index (χ0n) is 9.59. The Balaban J connectivity index is 2.60. The Bertz CT molecular complexity index is 580. The molecule has 17 heavy (non-hydrogen) atoms. The average molecular weight is 267 g/mol. The summed E-state index contributed by atoms with van der Waals surface area (Å²) in [5.41, 5.74) is 9.72. The molecule has 0 fully saturated rings. The van der Waals surface area contributed by atoms with E-state index < -0.39 is 0 Å². The number of aromatic nitrogens is 1. The zero-order valence-corrected chi connectivity index (χ0v) is 11.1. The third-order valence-corrected chi connectivity index (χ3v) is 3.33. The van der Waals surface area contributed by atoms with Crippen LogP contribution in [0.1, 0.15) is 11.1 Å². The first-order valence-corrected chi connectivity index (χ1v) is 5.94. The van der Waals surface area contributed by atoms with E-state index in [9.17, 15) is 0 Å². The van der Waals surface area contributed by atoms with Crippen molar-refractivity contribution < 1.29 is 0 Å². The summed E-state index contributed by atoms with van der Waals surface area (Å²) >= 11 is 12.0. The molecule has 1 aromatic heterocycles. The lowest BCUT2D eigenvalue weighted by atomic mass is 10.0. The topological polar surface area (TPSA) is 38.9 Å². The summed E-state index contributed by atoms with van der Waals surface area (Å²) < 4.78 is 0. The number of rotatable bonds is 1. The molecule has 0 saturated carbocycles. The van der Waals surface area contributed by atoms with Gasteiger partial charge in [0.2, 0.25) is 0 Å². The van der Waals surface area contributed by atoms with Gasteiger partial charge in [0.1, 0.15) is 5.82 Å². The van der Waals surface area contributed by atoms with E-state index in [1.54, 1.807) is 6.07 Å². The highest BCUT2D eigenvalue weighted by molar-refractivity contribution is 6.37. The summed E-state index contributed by atoms with van der Waals surface area (Å²) in [6, 6.07) is 7.67. The van der Waals surface area contributed by atoms with Crippen LogP contribution in [0.15, 0.2) is 24.3 Å². The van der Waals surface area contributed by atoms with E-state index in [0.29, 0.717) is 21.6 Å². The van der Waals surface area contributed by atoms with Crippen molar-refractivity contribution >= 4 is 29.0 Å². The Kier molecular flexibility index (Phi) is 3.27. The zero-order chi connectivity index (χ0) is 12.6. The van der Waals surface area contributed by atoms with Crippen LogP contribution in [0, 0.1) is 13.8 Å². The Morgan fingerprint density at radius 3 is 2.35 bits per heavy atom. The minimum Gasteiger partial charge on any atom is -0.382 e. The number of anilines is 1. The number of halogens is 2. The molecule has 2 N–H and O–H groups in total. The molecule has 0 amide bonds. The molecular weight excluding hydrogens is 255 g/mol. The van der Waals surface area contributed by atoms with E-state index in [2.05, 4.69) is 11.9 Å². The molecule has 0 aliphatic carbocycles. The highest BCUT2D eigenvalue weighted by Crippen LogP contribution is 2.31. The number of nitrogens with two attached hydrogens (primary N) is 1. The van der Waals surface area contributed by atoms with Gasteiger partial charge in [-0.25, -0.2) is 4.98 Å². The second kappa shape index (κ2) is 4.55. The summed E-state index contributed by atoms with van der Waals surface area (Å²) in [4.78, 5) is 4.23. The van der Waals surface area contributed by atoms with E-state index in [1.807, 2.05) is 25.1 Å². The predicted octanol–water partition coefficient (Wildman–Crippen LogP) is 4.25. The minimum atomic E-state index is 0.296. The fourth-order valence-corrected chi connectivity index (χ4v) is 2.04. The van der Waals surface area contributed by atoms with Crippen LogP contribution in [0.3, 0.4) is 0 Å². The maximum Gasteiger partial charge on any atom is 0.143 e. The van der Waals surface area contributed by atoms with Crippen molar-refractivity contribution in [1.29, 1.82) is 0 Å². The summed E-state index contributed by atoms with van der Waals surface area (Å²) in [5.74, 6) is 0.296. The molecule has 0 aliphatic rings. The standard InChI is InChI=1S/C13H12Cl2N2/c1-7-3-4-9(5-8(7)2)12-10(14)6-11(15)13(16)17-12/h3-6H,1-2H3,(H2,16,17). The lowest BCUT2D eigenvalue weighted by Crippen LogP contribution is -1.95. The smallest absolute Gasteiger partial charge is 0.143 e. The van der Waals surface area contributed by atoms with Crippen molar-refractivity contribution in [2.45, 2.75) is 13.8 Å². The first-order chi connectivity index (χ1) is 7.99. The summed E-state index contributed by atoms with van der Waals surface area (Å²) in [7, 11) is 0. The molecule has 2 nitrogen and oxygen atoms in total. The molecule has 0 spiro atoms. The van der Waals surface area contributed by atoms with Gasteiger partial charge in [-0.1, -0.05) is 35.3 Å². The average Bonchev–Trinajstić information content (AvgIpc) is 2.27. The summed E-state index contributed by atoms with van der Waals surface area (Å²) in [6.07, 6.45) is 0. The second-order valence-corrected chi connectivity index (χ2v) is 4.80. The SMILES string of the molecule is Cc1ccc(-c2nc(N)c(Cl)cc2Cl)cc1C. The quantitative estimate of drug-likeness (QED) is 0.838. The molecule has 2 aromatic rings. The third-order valence-electron chi connectivity index (χ3n) is 2.74. The Morgan fingerprint density at radius 1 is 1.00 bits per heavy atom. The molecular formula is C13H12Cl2N2. The molecule has 2 rings (SSSR count).